The van der Waals surface area contributed by atoms with Crippen LogP contribution in [0, 0.1) is 11.3 Å². The second-order valence-electron chi connectivity index (χ2n) is 5.13. The van der Waals surface area contributed by atoms with Crippen LogP contribution in [0.25, 0.3) is 6.08 Å². The molecular formula is C17H22N2O4. The number of ether oxygens (including phenoxy) is 4. The van der Waals surface area contributed by atoms with Gasteiger partial charge in [-0.3, -0.25) is 4.90 Å². The summed E-state index contributed by atoms with van der Waals surface area (Å²) in [4.78, 5) is 2.20. The van der Waals surface area contributed by atoms with Crippen LogP contribution in [-0.4, -0.2) is 59.1 Å². The number of methoxy groups -OCH3 is 3. The van der Waals surface area contributed by atoms with Gasteiger partial charge in [-0.25, -0.2) is 0 Å². The summed E-state index contributed by atoms with van der Waals surface area (Å²) in [5.74, 6) is 1.68. The highest BCUT2D eigenvalue weighted by molar-refractivity contribution is 5.65. The minimum atomic E-state index is 0.541. The summed E-state index contributed by atoms with van der Waals surface area (Å²) in [5.41, 5.74) is 1.52. The van der Waals surface area contributed by atoms with Crippen LogP contribution in [0.4, 0.5) is 0 Å². The predicted molar refractivity (Wildman–Crippen MR) is 86.9 cm³/mol. The summed E-state index contributed by atoms with van der Waals surface area (Å²) in [5, 5.41) is 9.41. The number of hydrogen-bond donors (Lipinski definition) is 0. The average molecular weight is 318 g/mol. The first-order valence-electron chi connectivity index (χ1n) is 7.42. The van der Waals surface area contributed by atoms with Crippen molar-refractivity contribution in [3.8, 4) is 23.3 Å². The summed E-state index contributed by atoms with van der Waals surface area (Å²) < 4.78 is 21.3. The summed E-state index contributed by atoms with van der Waals surface area (Å²) in [7, 11) is 4.71. The molecule has 0 unspecified atom stereocenters. The largest absolute Gasteiger partial charge is 0.493 e. The van der Waals surface area contributed by atoms with E-state index in [9.17, 15) is 5.26 Å². The summed E-state index contributed by atoms with van der Waals surface area (Å²) in [6.45, 7) is 3.71. The fraction of sp³-hybridized carbons (Fsp3) is 0.471. The third kappa shape index (κ3) is 4.38. The van der Waals surface area contributed by atoms with Crippen LogP contribution in [0.2, 0.25) is 0 Å². The lowest BCUT2D eigenvalue weighted by atomic mass is 10.1. The molecule has 124 valence electrons. The van der Waals surface area contributed by atoms with Gasteiger partial charge in [0.2, 0.25) is 5.75 Å². The first-order valence-corrected chi connectivity index (χ1v) is 7.42. The van der Waals surface area contributed by atoms with Gasteiger partial charge in [0.1, 0.15) is 0 Å². The molecule has 0 spiro atoms. The molecule has 0 aliphatic carbocycles. The minimum Gasteiger partial charge on any atom is -0.493 e. The van der Waals surface area contributed by atoms with E-state index in [1.54, 1.807) is 21.3 Å². The van der Waals surface area contributed by atoms with Crippen LogP contribution in [-0.2, 0) is 4.74 Å². The third-order valence-electron chi connectivity index (χ3n) is 3.67. The summed E-state index contributed by atoms with van der Waals surface area (Å²) >= 11 is 0. The highest BCUT2D eigenvalue weighted by Gasteiger charge is 2.14. The number of morpholine rings is 1. The molecule has 1 aliphatic rings. The minimum absolute atomic E-state index is 0.541. The molecule has 23 heavy (non-hydrogen) atoms. The molecule has 2 rings (SSSR count). The first-order chi connectivity index (χ1) is 11.2. The summed E-state index contributed by atoms with van der Waals surface area (Å²) in [6.07, 6.45) is 1.85. The van der Waals surface area contributed by atoms with Crippen molar-refractivity contribution in [2.45, 2.75) is 0 Å². The van der Waals surface area contributed by atoms with E-state index in [1.165, 1.54) is 0 Å². The molecule has 0 bridgehead atoms. The molecule has 6 heteroatoms. The standard InChI is InChI=1S/C17H22N2O4/c1-20-15-9-13(10-16(21-2)17(15)22-3)8-14(11-18)12-19-4-6-23-7-5-19/h8-10H,4-7,12H2,1-3H3. The van der Waals surface area contributed by atoms with Crippen LogP contribution in [0.15, 0.2) is 17.7 Å². The van der Waals surface area contributed by atoms with Gasteiger partial charge in [-0.15, -0.1) is 0 Å². The van der Waals surface area contributed by atoms with Gasteiger partial charge < -0.3 is 18.9 Å². The van der Waals surface area contributed by atoms with E-state index in [2.05, 4.69) is 11.0 Å². The Bertz CT molecular complexity index is 576. The Labute approximate surface area is 136 Å². The predicted octanol–water partition coefficient (Wildman–Crippen LogP) is 1.95. The van der Waals surface area contributed by atoms with E-state index in [1.807, 2.05) is 18.2 Å². The number of nitriles is 1. The van der Waals surface area contributed by atoms with Gasteiger partial charge in [-0.1, -0.05) is 0 Å². The molecule has 1 fully saturated rings. The number of rotatable bonds is 6. The number of benzene rings is 1. The monoisotopic (exact) mass is 318 g/mol. The van der Waals surface area contributed by atoms with Gasteiger partial charge in [0.25, 0.3) is 0 Å². The second-order valence-corrected chi connectivity index (χ2v) is 5.13. The second kappa shape index (κ2) is 8.42. The molecule has 1 heterocycles. The van der Waals surface area contributed by atoms with Crippen molar-refractivity contribution in [1.29, 1.82) is 5.26 Å². The Morgan fingerprint density at radius 2 is 1.78 bits per heavy atom. The molecule has 1 saturated heterocycles. The normalized spacial score (nSPS) is 15.8. The van der Waals surface area contributed by atoms with Crippen molar-refractivity contribution in [3.05, 3.63) is 23.3 Å². The van der Waals surface area contributed by atoms with E-state index in [0.29, 0.717) is 42.6 Å². The van der Waals surface area contributed by atoms with E-state index in [-0.39, 0.29) is 0 Å². The molecule has 0 aromatic heterocycles. The van der Waals surface area contributed by atoms with Gasteiger partial charge in [-0.05, 0) is 23.8 Å². The lowest BCUT2D eigenvalue weighted by molar-refractivity contribution is 0.0428. The van der Waals surface area contributed by atoms with Crippen molar-refractivity contribution >= 4 is 6.08 Å². The van der Waals surface area contributed by atoms with Crippen LogP contribution >= 0.6 is 0 Å². The third-order valence-corrected chi connectivity index (χ3v) is 3.67. The van der Waals surface area contributed by atoms with Crippen molar-refractivity contribution in [2.75, 3.05) is 54.2 Å². The van der Waals surface area contributed by atoms with Gasteiger partial charge in [0.15, 0.2) is 11.5 Å². The molecule has 1 aliphatic heterocycles. The van der Waals surface area contributed by atoms with Crippen LogP contribution in [0.3, 0.4) is 0 Å². The SMILES string of the molecule is COc1cc(C=C(C#N)CN2CCOCC2)cc(OC)c1OC. The molecule has 1 aromatic rings. The topological polar surface area (TPSA) is 64.0 Å². The Morgan fingerprint density at radius 3 is 2.26 bits per heavy atom. The van der Waals surface area contributed by atoms with E-state index >= 15 is 0 Å². The molecule has 0 atom stereocenters. The van der Waals surface area contributed by atoms with E-state index in [4.69, 9.17) is 18.9 Å². The quantitative estimate of drug-likeness (QED) is 0.747. The maximum Gasteiger partial charge on any atom is 0.203 e. The zero-order chi connectivity index (χ0) is 16.7. The van der Waals surface area contributed by atoms with Gasteiger partial charge in [0, 0.05) is 25.2 Å². The fourth-order valence-electron chi connectivity index (χ4n) is 2.50. The van der Waals surface area contributed by atoms with Gasteiger partial charge >= 0.3 is 0 Å². The maximum absolute atomic E-state index is 9.41. The molecule has 0 radical (unpaired) electrons. The van der Waals surface area contributed by atoms with Crippen LogP contribution < -0.4 is 14.2 Å². The lowest BCUT2D eigenvalue weighted by Crippen LogP contribution is -2.37. The fourth-order valence-corrected chi connectivity index (χ4v) is 2.50. The van der Waals surface area contributed by atoms with E-state index < -0.39 is 0 Å². The zero-order valence-electron chi connectivity index (χ0n) is 13.8. The lowest BCUT2D eigenvalue weighted by Gasteiger charge is -2.26. The maximum atomic E-state index is 9.41. The van der Waals surface area contributed by atoms with Crippen LogP contribution in [0.1, 0.15) is 5.56 Å². The van der Waals surface area contributed by atoms with Gasteiger partial charge in [0.05, 0.1) is 40.6 Å². The molecule has 6 nitrogen and oxygen atoms in total. The van der Waals surface area contributed by atoms with Crippen molar-refractivity contribution in [2.24, 2.45) is 0 Å². The van der Waals surface area contributed by atoms with E-state index in [0.717, 1.165) is 18.7 Å². The Hall–Kier alpha value is -2.23. The highest BCUT2D eigenvalue weighted by atomic mass is 16.5. The molecule has 0 N–H and O–H groups in total. The van der Waals surface area contributed by atoms with Crippen molar-refractivity contribution in [1.82, 2.24) is 4.90 Å². The van der Waals surface area contributed by atoms with Crippen molar-refractivity contribution in [3.63, 3.8) is 0 Å². The zero-order valence-corrected chi connectivity index (χ0v) is 13.8. The number of nitrogens with zero attached hydrogens (tertiary/aromatic N) is 2. The Balaban J connectivity index is 2.26. The average Bonchev–Trinajstić information content (AvgIpc) is 2.61. The molecular weight excluding hydrogens is 296 g/mol. The first kappa shape index (κ1) is 17.1. The smallest absolute Gasteiger partial charge is 0.203 e. The number of hydrogen-bond acceptors (Lipinski definition) is 6. The summed E-state index contributed by atoms with van der Waals surface area (Å²) in [6, 6.07) is 5.93. The highest BCUT2D eigenvalue weighted by Crippen LogP contribution is 2.38. The Kier molecular flexibility index (Phi) is 6.27. The molecule has 0 saturated carbocycles. The van der Waals surface area contributed by atoms with Crippen molar-refractivity contribution < 1.29 is 18.9 Å². The molecule has 0 amide bonds. The Morgan fingerprint density at radius 1 is 1.17 bits per heavy atom. The van der Waals surface area contributed by atoms with Gasteiger partial charge in [-0.2, -0.15) is 5.26 Å². The molecule has 1 aromatic carbocycles. The van der Waals surface area contributed by atoms with Crippen LogP contribution in [0.5, 0.6) is 17.2 Å².